The fourth-order valence-electron chi connectivity index (χ4n) is 5.14. The summed E-state index contributed by atoms with van der Waals surface area (Å²) in [6.45, 7) is 4.91. The lowest BCUT2D eigenvalue weighted by Crippen LogP contribution is -2.56. The molecule has 1 spiro atoms. The van der Waals surface area contributed by atoms with Crippen molar-refractivity contribution >= 4 is 16.6 Å². The van der Waals surface area contributed by atoms with Crippen LogP contribution in [-0.2, 0) is 0 Å². The van der Waals surface area contributed by atoms with Crippen molar-refractivity contribution in [2.45, 2.75) is 57.5 Å². The second-order valence-electron chi connectivity index (χ2n) is 9.09. The lowest BCUT2D eigenvalue weighted by molar-refractivity contribution is 0.104. The first-order valence-corrected chi connectivity index (χ1v) is 11.0. The number of imidazole rings is 1. The number of fused-ring (bicyclic) bond motifs is 2. The summed E-state index contributed by atoms with van der Waals surface area (Å²) in [5.41, 5.74) is 5.04. The van der Waals surface area contributed by atoms with Gasteiger partial charge in [0.25, 0.3) is 5.56 Å². The third-order valence-corrected chi connectivity index (χ3v) is 6.92. The molecule has 0 radical (unpaired) electrons. The Labute approximate surface area is 179 Å². The molecule has 1 saturated heterocycles. The third-order valence-electron chi connectivity index (χ3n) is 6.92. The van der Waals surface area contributed by atoms with Crippen LogP contribution >= 0.6 is 0 Å². The molecular formula is C23H25N7O. The first kappa shape index (κ1) is 18.6. The quantitative estimate of drug-likeness (QED) is 0.541. The van der Waals surface area contributed by atoms with Crippen LogP contribution in [0.2, 0.25) is 0 Å². The molecule has 4 aromatic heterocycles. The molecule has 0 unspecified atom stereocenters. The van der Waals surface area contributed by atoms with Crippen molar-refractivity contribution < 1.29 is 0 Å². The monoisotopic (exact) mass is 415 g/mol. The van der Waals surface area contributed by atoms with Gasteiger partial charge in [0.1, 0.15) is 5.69 Å². The van der Waals surface area contributed by atoms with E-state index in [1.54, 1.807) is 15.4 Å². The van der Waals surface area contributed by atoms with Crippen LogP contribution in [0.25, 0.3) is 27.9 Å². The van der Waals surface area contributed by atoms with E-state index in [0.717, 1.165) is 47.7 Å². The number of pyridine rings is 1. The predicted octanol–water partition coefficient (Wildman–Crippen LogP) is 2.97. The summed E-state index contributed by atoms with van der Waals surface area (Å²) in [5.74, 6) is 0. The number of nitrogens with zero attached hydrogens (tertiary/aromatic N) is 6. The van der Waals surface area contributed by atoms with Gasteiger partial charge in [-0.3, -0.25) is 4.79 Å². The Kier molecular flexibility index (Phi) is 4.02. The molecule has 8 heteroatoms. The smallest absolute Gasteiger partial charge is 0.276 e. The standard InChI is InChI=1S/C23H25N7O/c1-14-10-19(28-29-13-15(2)26-21(14)29)18-5-4-17-20(27-18)12-25-30(22(17)31)16-6-9-24-23(11-16)7-3-8-23/h4-5,10,12-13,16,24H,3,6-9,11H2,1-2H3/t16-/m0/s1. The van der Waals surface area contributed by atoms with E-state index in [1.165, 1.54) is 19.3 Å². The molecule has 2 aliphatic rings. The van der Waals surface area contributed by atoms with Gasteiger partial charge in [-0.05, 0) is 76.3 Å². The van der Waals surface area contributed by atoms with Gasteiger partial charge in [-0.1, -0.05) is 0 Å². The zero-order valence-electron chi connectivity index (χ0n) is 17.8. The minimum absolute atomic E-state index is 0.0530. The Morgan fingerprint density at radius 2 is 2.03 bits per heavy atom. The maximum absolute atomic E-state index is 13.2. The van der Waals surface area contributed by atoms with Crippen LogP contribution in [0.15, 0.2) is 35.4 Å². The van der Waals surface area contributed by atoms with Crippen LogP contribution in [-0.4, -0.2) is 41.4 Å². The van der Waals surface area contributed by atoms with E-state index in [1.807, 2.05) is 38.2 Å². The highest BCUT2D eigenvalue weighted by molar-refractivity contribution is 5.79. The molecule has 31 heavy (non-hydrogen) atoms. The Hall–Kier alpha value is -3.13. The lowest BCUT2D eigenvalue weighted by Gasteiger charge is -2.48. The number of rotatable bonds is 2. The van der Waals surface area contributed by atoms with Gasteiger partial charge >= 0.3 is 0 Å². The molecule has 1 saturated carbocycles. The van der Waals surface area contributed by atoms with Gasteiger partial charge in [0.15, 0.2) is 5.65 Å². The second-order valence-corrected chi connectivity index (χ2v) is 9.09. The van der Waals surface area contributed by atoms with E-state index < -0.39 is 0 Å². The van der Waals surface area contributed by atoms with E-state index in [0.29, 0.717) is 10.9 Å². The summed E-state index contributed by atoms with van der Waals surface area (Å²) in [6.07, 6.45) is 9.20. The topological polar surface area (TPSA) is 90.0 Å². The van der Waals surface area contributed by atoms with Crippen molar-refractivity contribution in [3.63, 3.8) is 0 Å². The fourth-order valence-corrected chi connectivity index (χ4v) is 5.14. The van der Waals surface area contributed by atoms with Crippen molar-refractivity contribution in [1.82, 2.24) is 34.7 Å². The molecule has 4 aromatic rings. The average Bonchev–Trinajstić information content (AvgIpc) is 3.13. The molecule has 0 amide bonds. The van der Waals surface area contributed by atoms with Crippen LogP contribution in [0.1, 0.15) is 49.4 Å². The minimum Gasteiger partial charge on any atom is -0.311 e. The molecule has 1 N–H and O–H groups in total. The SMILES string of the molecule is Cc1cn2nc(-c3ccc4c(=O)n([C@H]5CCNC6(CCC6)C5)ncc4n3)cc(C)c2n1. The van der Waals surface area contributed by atoms with Crippen molar-refractivity contribution in [3.05, 3.63) is 52.2 Å². The zero-order chi connectivity index (χ0) is 21.2. The molecular weight excluding hydrogens is 390 g/mol. The zero-order valence-corrected chi connectivity index (χ0v) is 17.8. The van der Waals surface area contributed by atoms with Crippen molar-refractivity contribution in [1.29, 1.82) is 0 Å². The summed E-state index contributed by atoms with van der Waals surface area (Å²) < 4.78 is 3.48. The van der Waals surface area contributed by atoms with Crippen molar-refractivity contribution in [2.24, 2.45) is 0 Å². The van der Waals surface area contributed by atoms with E-state index in [9.17, 15) is 4.79 Å². The largest absolute Gasteiger partial charge is 0.311 e. The van der Waals surface area contributed by atoms with Crippen LogP contribution < -0.4 is 10.9 Å². The maximum Gasteiger partial charge on any atom is 0.276 e. The highest BCUT2D eigenvalue weighted by Crippen LogP contribution is 2.41. The maximum atomic E-state index is 13.2. The van der Waals surface area contributed by atoms with E-state index in [-0.39, 0.29) is 17.1 Å². The molecule has 1 atom stereocenters. The van der Waals surface area contributed by atoms with Crippen LogP contribution in [0.4, 0.5) is 0 Å². The summed E-state index contributed by atoms with van der Waals surface area (Å²) in [4.78, 5) is 22.5. The lowest BCUT2D eigenvalue weighted by atomic mass is 9.70. The van der Waals surface area contributed by atoms with Gasteiger partial charge in [-0.2, -0.15) is 10.2 Å². The first-order valence-electron chi connectivity index (χ1n) is 11.0. The van der Waals surface area contributed by atoms with Gasteiger partial charge in [0, 0.05) is 5.54 Å². The molecule has 0 bridgehead atoms. The highest BCUT2D eigenvalue weighted by atomic mass is 16.1. The highest BCUT2D eigenvalue weighted by Gasteiger charge is 2.41. The molecule has 1 aliphatic carbocycles. The molecule has 8 nitrogen and oxygen atoms in total. The summed E-state index contributed by atoms with van der Waals surface area (Å²) in [7, 11) is 0. The van der Waals surface area contributed by atoms with E-state index in [2.05, 4.69) is 20.5 Å². The Balaban J connectivity index is 1.39. The fraction of sp³-hybridized carbons (Fsp3) is 0.435. The number of piperidine rings is 1. The molecule has 6 rings (SSSR count). The van der Waals surface area contributed by atoms with Gasteiger partial charge in [0.05, 0.1) is 40.7 Å². The van der Waals surface area contributed by atoms with Crippen LogP contribution in [0, 0.1) is 13.8 Å². The number of hydrogen-bond acceptors (Lipinski definition) is 6. The Bertz CT molecular complexity index is 1380. The number of nitrogens with one attached hydrogen (secondary N) is 1. The van der Waals surface area contributed by atoms with Crippen molar-refractivity contribution in [3.8, 4) is 11.4 Å². The van der Waals surface area contributed by atoms with E-state index in [4.69, 9.17) is 4.98 Å². The molecule has 5 heterocycles. The van der Waals surface area contributed by atoms with Gasteiger partial charge in [0.2, 0.25) is 0 Å². The average molecular weight is 416 g/mol. The molecule has 1 aliphatic heterocycles. The van der Waals surface area contributed by atoms with Gasteiger partial charge < -0.3 is 5.32 Å². The summed E-state index contributed by atoms with van der Waals surface area (Å²) in [6, 6.07) is 5.87. The second kappa shape index (κ2) is 6.68. The van der Waals surface area contributed by atoms with Gasteiger partial charge in [-0.15, -0.1) is 0 Å². The first-order chi connectivity index (χ1) is 15.0. The predicted molar refractivity (Wildman–Crippen MR) is 118 cm³/mol. The number of aromatic nitrogens is 6. The van der Waals surface area contributed by atoms with Crippen LogP contribution in [0.5, 0.6) is 0 Å². The summed E-state index contributed by atoms with van der Waals surface area (Å²) in [5, 5.41) is 13.5. The minimum atomic E-state index is -0.0530. The number of aryl methyl sites for hydroxylation is 2. The van der Waals surface area contributed by atoms with Crippen molar-refractivity contribution in [2.75, 3.05) is 6.54 Å². The number of hydrogen-bond donors (Lipinski definition) is 1. The summed E-state index contributed by atoms with van der Waals surface area (Å²) >= 11 is 0. The molecule has 0 aromatic carbocycles. The van der Waals surface area contributed by atoms with Crippen LogP contribution in [0.3, 0.4) is 0 Å². The molecule has 158 valence electrons. The third kappa shape index (κ3) is 2.96. The Morgan fingerprint density at radius 1 is 1.16 bits per heavy atom. The molecule has 2 fully saturated rings. The van der Waals surface area contributed by atoms with Gasteiger partial charge in [-0.25, -0.2) is 19.2 Å². The van der Waals surface area contributed by atoms with E-state index >= 15 is 0 Å². The Morgan fingerprint density at radius 3 is 2.84 bits per heavy atom. The normalized spacial score (nSPS) is 20.4.